The Bertz CT molecular complexity index is 1800. The van der Waals surface area contributed by atoms with Gasteiger partial charge in [0.25, 0.3) is 0 Å². The van der Waals surface area contributed by atoms with E-state index in [1.807, 2.05) is 62.5 Å². The molecule has 290 valence electrons. The summed E-state index contributed by atoms with van der Waals surface area (Å²) < 4.78 is 0. The van der Waals surface area contributed by atoms with E-state index in [0.29, 0.717) is 11.6 Å². The van der Waals surface area contributed by atoms with E-state index < -0.39 is 0 Å². The van der Waals surface area contributed by atoms with Gasteiger partial charge in [0, 0.05) is 31.2 Å². The molecule has 2 N–H and O–H groups in total. The van der Waals surface area contributed by atoms with Gasteiger partial charge in [0.15, 0.2) is 0 Å². The fourth-order valence-corrected chi connectivity index (χ4v) is 9.07. The number of Topliss-reactive ketones (excluding diaryl/α,β-unsaturated/α-hetero) is 2. The van der Waals surface area contributed by atoms with Gasteiger partial charge in [0.2, 0.25) is 16.9 Å². The minimum atomic E-state index is -0.140. The van der Waals surface area contributed by atoms with Crippen LogP contribution < -0.4 is 10.6 Å². The second kappa shape index (κ2) is 21.2. The number of nitrogens with one attached hydrogen (secondary N) is 2. The summed E-state index contributed by atoms with van der Waals surface area (Å²) in [5.74, 6) is 0.833. The Morgan fingerprint density at radius 3 is 2.11 bits per heavy atom. The Morgan fingerprint density at radius 2 is 1.52 bits per heavy atom. The van der Waals surface area contributed by atoms with Crippen LogP contribution in [0.5, 0.6) is 0 Å². The van der Waals surface area contributed by atoms with E-state index in [2.05, 4.69) is 41.6 Å². The van der Waals surface area contributed by atoms with Gasteiger partial charge in [-0.1, -0.05) is 98.8 Å². The van der Waals surface area contributed by atoms with Crippen LogP contribution in [0.3, 0.4) is 0 Å². The molecule has 1 saturated carbocycles. The summed E-state index contributed by atoms with van der Waals surface area (Å²) in [6.07, 6.45) is 8.16. The normalized spacial score (nSPS) is 17.6. The molecule has 4 unspecified atom stereocenters. The van der Waals surface area contributed by atoms with Gasteiger partial charge in [-0.25, -0.2) is 0 Å². The zero-order valence-electron chi connectivity index (χ0n) is 33.0. The fraction of sp³-hybridized carbons (Fsp3) is 0.512. The second-order valence-electron chi connectivity index (χ2n) is 14.6. The Kier molecular flexibility index (Phi) is 16.8. The Hall–Kier alpha value is -3.96. The number of amides is 2. The molecule has 1 aliphatic carbocycles. The Balaban J connectivity index is 1.32. The monoisotopic (exact) mass is 771 g/mol. The predicted molar refractivity (Wildman–Crippen MR) is 222 cm³/mol. The van der Waals surface area contributed by atoms with Gasteiger partial charge in [-0.05, 0) is 99.5 Å². The number of carbonyl (C=O) groups excluding carboxylic acids is 4. The van der Waals surface area contributed by atoms with Crippen LogP contribution in [0, 0.1) is 11.8 Å². The SMILES string of the molecule is CCC(C)=C(NC(=O)Cc1ccc(CC(CC)C(C)=O)cc1)SC(=NC)C1CCCC(c2nnc(NC(=O)Cc3ccc(C(CC)CC(C)=O)cc3)s2)C1. The highest BCUT2D eigenvalue weighted by Gasteiger charge is 2.30. The number of allylic oxidation sites excluding steroid dienone is 1. The van der Waals surface area contributed by atoms with E-state index in [1.165, 1.54) is 11.3 Å². The second-order valence-corrected chi connectivity index (χ2v) is 16.6. The van der Waals surface area contributed by atoms with Crippen LogP contribution in [0.25, 0.3) is 0 Å². The van der Waals surface area contributed by atoms with E-state index in [0.717, 1.165) is 94.3 Å². The van der Waals surface area contributed by atoms with Crippen molar-refractivity contribution in [3.63, 3.8) is 0 Å². The van der Waals surface area contributed by atoms with Gasteiger partial charge in [-0.2, -0.15) is 0 Å². The molecular formula is C43H57N5O4S2. The van der Waals surface area contributed by atoms with Crippen molar-refractivity contribution in [1.82, 2.24) is 15.5 Å². The Labute approximate surface area is 329 Å². The average Bonchev–Trinajstić information content (AvgIpc) is 3.63. The molecule has 2 amide bonds. The summed E-state index contributed by atoms with van der Waals surface area (Å²) in [4.78, 5) is 54.5. The van der Waals surface area contributed by atoms with E-state index in [4.69, 9.17) is 4.99 Å². The molecule has 11 heteroatoms. The van der Waals surface area contributed by atoms with Crippen molar-refractivity contribution in [3.8, 4) is 0 Å². The molecule has 1 fully saturated rings. The first-order valence-corrected chi connectivity index (χ1v) is 21.0. The van der Waals surface area contributed by atoms with Crippen LogP contribution in [0.15, 0.2) is 64.1 Å². The van der Waals surface area contributed by atoms with Crippen molar-refractivity contribution in [2.24, 2.45) is 16.8 Å². The third kappa shape index (κ3) is 12.8. The molecule has 0 aliphatic heterocycles. The maximum atomic E-state index is 13.3. The molecule has 1 heterocycles. The quantitative estimate of drug-likeness (QED) is 0.0974. The van der Waals surface area contributed by atoms with E-state index >= 15 is 0 Å². The lowest BCUT2D eigenvalue weighted by molar-refractivity contribution is -0.121. The van der Waals surface area contributed by atoms with Gasteiger partial charge in [-0.15, -0.1) is 10.2 Å². The van der Waals surface area contributed by atoms with Crippen LogP contribution in [0.1, 0.15) is 132 Å². The van der Waals surface area contributed by atoms with Crippen LogP contribution in [-0.2, 0) is 38.4 Å². The third-order valence-electron chi connectivity index (χ3n) is 10.4. The van der Waals surface area contributed by atoms with Gasteiger partial charge in [-0.3, -0.25) is 19.4 Å². The number of aliphatic imine (C=N–C) groups is 1. The van der Waals surface area contributed by atoms with E-state index in [-0.39, 0.29) is 59.9 Å². The Morgan fingerprint density at radius 1 is 0.870 bits per heavy atom. The molecule has 3 aromatic rings. The molecule has 54 heavy (non-hydrogen) atoms. The number of nitrogens with zero attached hydrogens (tertiary/aromatic N) is 3. The first-order chi connectivity index (χ1) is 25.9. The largest absolute Gasteiger partial charge is 0.320 e. The number of thioether (sulfide) groups is 1. The number of rotatable bonds is 18. The number of hydrogen-bond acceptors (Lipinski definition) is 9. The predicted octanol–water partition coefficient (Wildman–Crippen LogP) is 9.39. The number of anilines is 1. The molecule has 0 saturated heterocycles. The highest BCUT2D eigenvalue weighted by Crippen LogP contribution is 2.41. The summed E-state index contributed by atoms with van der Waals surface area (Å²) in [6.45, 7) is 11.5. The molecule has 4 rings (SSSR count). The molecule has 0 bridgehead atoms. The standard InChI is InChI=1S/C43H57N5O4S2/c1-8-27(4)40(45-38(51)24-31-16-14-30(15-17-31)23-33(9-2)29(6)50)53-41(44-7)36-12-11-13-37(26-36)42-47-48-43(54-42)46-39(52)25-32-18-20-35(21-19-32)34(10-3)22-28(5)49/h14-21,33-34,36-37H,8-13,22-26H2,1-7H3,(H,45,51)(H,46,48,52). The zero-order valence-corrected chi connectivity index (χ0v) is 34.6. The topological polar surface area (TPSA) is 130 Å². The van der Waals surface area contributed by atoms with Crippen LogP contribution >= 0.6 is 23.1 Å². The van der Waals surface area contributed by atoms with Crippen molar-refractivity contribution in [2.75, 3.05) is 12.4 Å². The lowest BCUT2D eigenvalue weighted by atomic mass is 9.82. The lowest BCUT2D eigenvalue weighted by Crippen LogP contribution is -2.27. The van der Waals surface area contributed by atoms with Gasteiger partial charge in [0.1, 0.15) is 16.6 Å². The fourth-order valence-electron chi connectivity index (χ4n) is 7.00. The highest BCUT2D eigenvalue weighted by molar-refractivity contribution is 8.17. The maximum absolute atomic E-state index is 13.3. The summed E-state index contributed by atoms with van der Waals surface area (Å²) in [6, 6.07) is 16.0. The number of carbonyl (C=O) groups is 4. The summed E-state index contributed by atoms with van der Waals surface area (Å²) in [5, 5.41) is 18.2. The number of benzene rings is 2. The number of hydrogen-bond donors (Lipinski definition) is 2. The first kappa shape index (κ1) is 42.8. The third-order valence-corrected chi connectivity index (χ3v) is 12.8. The molecule has 0 spiro atoms. The average molecular weight is 772 g/mol. The molecule has 1 aliphatic rings. The zero-order chi connectivity index (χ0) is 39.2. The van der Waals surface area contributed by atoms with Crippen LogP contribution in [0.4, 0.5) is 5.13 Å². The van der Waals surface area contributed by atoms with Gasteiger partial charge in [0.05, 0.1) is 22.9 Å². The summed E-state index contributed by atoms with van der Waals surface area (Å²) in [5.41, 5.74) is 5.16. The summed E-state index contributed by atoms with van der Waals surface area (Å²) in [7, 11) is 1.82. The summed E-state index contributed by atoms with van der Waals surface area (Å²) >= 11 is 3.00. The molecular weight excluding hydrogens is 715 g/mol. The maximum Gasteiger partial charge on any atom is 0.230 e. The molecule has 2 aromatic carbocycles. The van der Waals surface area contributed by atoms with Gasteiger partial charge >= 0.3 is 0 Å². The number of ketones is 2. The molecule has 1 aromatic heterocycles. The van der Waals surface area contributed by atoms with E-state index in [1.54, 1.807) is 25.6 Å². The minimum Gasteiger partial charge on any atom is -0.320 e. The number of aromatic nitrogens is 2. The molecule has 9 nitrogen and oxygen atoms in total. The van der Waals surface area contributed by atoms with Crippen LogP contribution in [-0.4, -0.2) is 45.7 Å². The smallest absolute Gasteiger partial charge is 0.230 e. The minimum absolute atomic E-state index is 0.0267. The van der Waals surface area contributed by atoms with Crippen LogP contribution in [0.2, 0.25) is 0 Å². The lowest BCUT2D eigenvalue weighted by Gasteiger charge is -2.29. The first-order valence-electron chi connectivity index (χ1n) is 19.4. The molecule has 4 atom stereocenters. The van der Waals surface area contributed by atoms with Crippen molar-refractivity contribution in [3.05, 3.63) is 86.4 Å². The van der Waals surface area contributed by atoms with Gasteiger partial charge < -0.3 is 15.4 Å². The van der Waals surface area contributed by atoms with Crippen molar-refractivity contribution in [1.29, 1.82) is 0 Å². The van der Waals surface area contributed by atoms with Crippen molar-refractivity contribution in [2.45, 2.75) is 124 Å². The van der Waals surface area contributed by atoms with E-state index in [9.17, 15) is 19.2 Å². The van der Waals surface area contributed by atoms with Crippen molar-refractivity contribution < 1.29 is 19.2 Å². The van der Waals surface area contributed by atoms with Crippen molar-refractivity contribution >= 4 is 56.7 Å². The molecule has 0 radical (unpaired) electrons. The highest BCUT2D eigenvalue weighted by atomic mass is 32.2.